The Labute approximate surface area is 298 Å². The van der Waals surface area contributed by atoms with E-state index in [0.29, 0.717) is 0 Å². The van der Waals surface area contributed by atoms with Gasteiger partial charge in [0, 0.05) is 49.4 Å². The summed E-state index contributed by atoms with van der Waals surface area (Å²) in [5.41, 5.74) is 14.2. The average molecular weight is 663 g/mol. The predicted octanol–water partition coefficient (Wildman–Crippen LogP) is 12.8. The molecule has 0 saturated heterocycles. The van der Waals surface area contributed by atoms with Gasteiger partial charge >= 0.3 is 0 Å². The van der Waals surface area contributed by atoms with Crippen LogP contribution in [0.4, 0.5) is 17.1 Å². The molecule has 0 aliphatic carbocycles. The summed E-state index contributed by atoms with van der Waals surface area (Å²) in [6, 6.07) is 66.4. The molecule has 0 aliphatic heterocycles. The minimum absolute atomic E-state index is 1.12. The Balaban J connectivity index is 1.29. The molecule has 4 nitrogen and oxygen atoms in total. The van der Waals surface area contributed by atoms with Crippen LogP contribution in [0.3, 0.4) is 0 Å². The van der Waals surface area contributed by atoms with Crippen LogP contribution in [0.15, 0.2) is 182 Å². The molecule has 4 heterocycles. The normalized spacial score (nSPS) is 12.2. The van der Waals surface area contributed by atoms with Crippen molar-refractivity contribution >= 4 is 93.5 Å². The number of rotatable bonds is 4. The number of aromatic nitrogens is 3. The third-order valence-corrected chi connectivity index (χ3v) is 11.1. The van der Waals surface area contributed by atoms with Gasteiger partial charge in [0.2, 0.25) is 0 Å². The fraction of sp³-hybridized carbons (Fsp3) is 0. The van der Waals surface area contributed by atoms with Crippen molar-refractivity contribution in [2.24, 2.45) is 0 Å². The highest BCUT2D eigenvalue weighted by molar-refractivity contribution is 6.25. The van der Waals surface area contributed by atoms with Crippen LogP contribution < -0.4 is 4.90 Å². The molecule has 4 aromatic heterocycles. The van der Waals surface area contributed by atoms with Crippen molar-refractivity contribution in [3.63, 3.8) is 0 Å². The zero-order valence-electron chi connectivity index (χ0n) is 28.1. The van der Waals surface area contributed by atoms with Gasteiger partial charge < -0.3 is 18.3 Å². The summed E-state index contributed by atoms with van der Waals surface area (Å²) < 4.78 is 7.46. The van der Waals surface area contributed by atoms with Crippen LogP contribution in [0.5, 0.6) is 0 Å². The van der Waals surface area contributed by atoms with Crippen molar-refractivity contribution in [1.29, 1.82) is 0 Å². The smallest absolute Gasteiger partial charge is 0.0804 e. The molecule has 0 atom stereocenters. The molecular formula is C48H30N4. The van der Waals surface area contributed by atoms with Gasteiger partial charge in [-0.3, -0.25) is 0 Å². The van der Waals surface area contributed by atoms with Crippen LogP contribution in [0.25, 0.3) is 82.1 Å². The van der Waals surface area contributed by atoms with Crippen molar-refractivity contribution < 1.29 is 0 Å². The van der Waals surface area contributed by atoms with E-state index in [0.717, 1.165) is 22.7 Å². The monoisotopic (exact) mass is 662 g/mol. The van der Waals surface area contributed by atoms with Gasteiger partial charge in [-0.2, -0.15) is 0 Å². The van der Waals surface area contributed by atoms with Crippen molar-refractivity contribution in [1.82, 2.24) is 13.4 Å². The highest BCUT2D eigenvalue weighted by Gasteiger charge is 2.26. The molecule has 0 fully saturated rings. The predicted molar refractivity (Wildman–Crippen MR) is 219 cm³/mol. The first-order chi connectivity index (χ1) is 25.8. The molecule has 0 spiro atoms. The van der Waals surface area contributed by atoms with E-state index in [9.17, 15) is 0 Å². The maximum Gasteiger partial charge on any atom is 0.0804 e. The lowest BCUT2D eigenvalue weighted by molar-refractivity contribution is 1.18. The minimum atomic E-state index is 1.12. The number of anilines is 3. The molecule has 0 saturated carbocycles. The van der Waals surface area contributed by atoms with Crippen LogP contribution in [0.2, 0.25) is 0 Å². The standard InChI is InChI=1S/C48H30N4/c1-3-14-31(15-4-1)49(32-16-5-2-6-17-32)42-28-29-44-48-46(42)38-27-26-33(50-39-22-10-7-18-34(39)35-19-8-11-23-40(35)50)30-45(38)52(48)43-25-13-21-37-36-20-9-12-24-41(36)51(44)47(37)43/h1-30H. The van der Waals surface area contributed by atoms with Crippen molar-refractivity contribution in [2.75, 3.05) is 4.90 Å². The fourth-order valence-electron chi connectivity index (χ4n) is 9.07. The lowest BCUT2D eigenvalue weighted by Gasteiger charge is -2.26. The maximum absolute atomic E-state index is 2.54. The molecular weight excluding hydrogens is 633 g/mol. The van der Waals surface area contributed by atoms with E-state index in [1.807, 2.05) is 0 Å². The summed E-state index contributed by atoms with van der Waals surface area (Å²) in [6.07, 6.45) is 0. The van der Waals surface area contributed by atoms with Crippen molar-refractivity contribution in [3.8, 4) is 5.69 Å². The molecule has 0 bridgehead atoms. The van der Waals surface area contributed by atoms with Gasteiger partial charge in [0.1, 0.15) is 0 Å². The Bertz CT molecular complexity index is 3250. The van der Waals surface area contributed by atoms with Crippen LogP contribution in [-0.2, 0) is 0 Å². The highest BCUT2D eigenvalue weighted by atomic mass is 15.1. The Kier molecular flexibility index (Phi) is 5.47. The van der Waals surface area contributed by atoms with Gasteiger partial charge in [-0.25, -0.2) is 0 Å². The molecule has 52 heavy (non-hydrogen) atoms. The van der Waals surface area contributed by atoms with E-state index in [2.05, 4.69) is 200 Å². The van der Waals surface area contributed by atoms with E-state index in [-0.39, 0.29) is 0 Å². The van der Waals surface area contributed by atoms with E-state index in [1.165, 1.54) is 76.5 Å². The molecule has 4 heteroatoms. The molecule has 242 valence electrons. The van der Waals surface area contributed by atoms with Gasteiger partial charge in [0.05, 0.1) is 49.8 Å². The lowest BCUT2D eigenvalue weighted by Crippen LogP contribution is -2.10. The van der Waals surface area contributed by atoms with E-state index in [1.54, 1.807) is 0 Å². The maximum atomic E-state index is 2.54. The van der Waals surface area contributed by atoms with Gasteiger partial charge in [-0.05, 0) is 72.8 Å². The summed E-state index contributed by atoms with van der Waals surface area (Å²) >= 11 is 0. The SMILES string of the molecule is c1ccc(N(c2ccccc2)c2ccc3c4c2c2ccc(-n5c6ccccc6c6ccccc65)cc2n4c2cccc4c5ccccc5n3c42)cc1. The van der Waals surface area contributed by atoms with E-state index >= 15 is 0 Å². The summed E-state index contributed by atoms with van der Waals surface area (Å²) in [6.45, 7) is 0. The third-order valence-electron chi connectivity index (χ3n) is 11.1. The van der Waals surface area contributed by atoms with Crippen LogP contribution in [0, 0.1) is 0 Å². The number of hydrogen-bond acceptors (Lipinski definition) is 1. The Hall–Kier alpha value is -7.04. The highest BCUT2D eigenvalue weighted by Crippen LogP contribution is 2.47. The van der Waals surface area contributed by atoms with Gasteiger partial charge in [0.15, 0.2) is 0 Å². The molecule has 8 aromatic carbocycles. The quantitative estimate of drug-likeness (QED) is 0.171. The van der Waals surface area contributed by atoms with Crippen LogP contribution >= 0.6 is 0 Å². The fourth-order valence-corrected chi connectivity index (χ4v) is 9.07. The van der Waals surface area contributed by atoms with Gasteiger partial charge in [0.25, 0.3) is 0 Å². The van der Waals surface area contributed by atoms with Crippen LogP contribution in [0.1, 0.15) is 0 Å². The average Bonchev–Trinajstić information content (AvgIpc) is 3.85. The number of fused-ring (bicyclic) bond motifs is 11. The second kappa shape index (κ2) is 10.3. The zero-order chi connectivity index (χ0) is 33.9. The van der Waals surface area contributed by atoms with Crippen molar-refractivity contribution in [2.45, 2.75) is 0 Å². The number of hydrogen-bond donors (Lipinski definition) is 0. The summed E-state index contributed by atoms with van der Waals surface area (Å²) in [5.74, 6) is 0. The minimum Gasteiger partial charge on any atom is -0.310 e. The number of nitrogens with zero attached hydrogens (tertiary/aromatic N) is 4. The third kappa shape index (κ3) is 3.55. The molecule has 12 rings (SSSR count). The molecule has 0 radical (unpaired) electrons. The first-order valence-corrected chi connectivity index (χ1v) is 17.9. The van der Waals surface area contributed by atoms with Crippen LogP contribution in [-0.4, -0.2) is 13.4 Å². The number of benzene rings is 8. The van der Waals surface area contributed by atoms with E-state index in [4.69, 9.17) is 0 Å². The van der Waals surface area contributed by atoms with Gasteiger partial charge in [-0.1, -0.05) is 109 Å². The molecule has 0 amide bonds. The lowest BCUT2D eigenvalue weighted by atomic mass is 10.1. The zero-order valence-corrected chi connectivity index (χ0v) is 28.1. The summed E-state index contributed by atoms with van der Waals surface area (Å²) in [4.78, 5) is 2.41. The largest absolute Gasteiger partial charge is 0.310 e. The molecule has 0 unspecified atom stereocenters. The summed E-state index contributed by atoms with van der Waals surface area (Å²) in [5, 5.41) is 7.52. The Morgan fingerprint density at radius 2 is 0.846 bits per heavy atom. The number of para-hydroxylation sites is 6. The Morgan fingerprint density at radius 3 is 1.52 bits per heavy atom. The van der Waals surface area contributed by atoms with Crippen molar-refractivity contribution in [3.05, 3.63) is 182 Å². The van der Waals surface area contributed by atoms with E-state index < -0.39 is 0 Å². The first-order valence-electron chi connectivity index (χ1n) is 17.9. The molecule has 0 aliphatic rings. The first kappa shape index (κ1) is 27.7. The topological polar surface area (TPSA) is 17.0 Å². The Morgan fingerprint density at radius 1 is 0.327 bits per heavy atom. The second-order valence-electron chi connectivity index (χ2n) is 13.8. The molecule has 12 aromatic rings. The summed E-state index contributed by atoms with van der Waals surface area (Å²) in [7, 11) is 0. The second-order valence-corrected chi connectivity index (χ2v) is 13.8. The molecule has 0 N–H and O–H groups in total. The van der Waals surface area contributed by atoms with Gasteiger partial charge in [-0.15, -0.1) is 0 Å².